The van der Waals surface area contributed by atoms with Crippen LogP contribution in [0.4, 0.5) is 0 Å². The first-order valence-corrected chi connectivity index (χ1v) is 9.46. The van der Waals surface area contributed by atoms with Crippen LogP contribution in [0.15, 0.2) is 66.7 Å². The summed E-state index contributed by atoms with van der Waals surface area (Å²) in [4.78, 5) is 36.4. The monoisotopic (exact) mass is 392 g/mol. The highest BCUT2D eigenvalue weighted by Crippen LogP contribution is 2.59. The lowest BCUT2D eigenvalue weighted by molar-refractivity contribution is -0.147. The summed E-state index contributed by atoms with van der Waals surface area (Å²) >= 11 is 0. The van der Waals surface area contributed by atoms with Crippen LogP contribution in [-0.2, 0) is 25.7 Å². The van der Waals surface area contributed by atoms with Crippen molar-refractivity contribution in [2.24, 2.45) is 17.3 Å². The Morgan fingerprint density at radius 1 is 1.00 bits per heavy atom. The number of benzene rings is 2. The van der Waals surface area contributed by atoms with Gasteiger partial charge in [-0.25, -0.2) is 4.79 Å². The van der Waals surface area contributed by atoms with Gasteiger partial charge >= 0.3 is 11.9 Å². The molecule has 0 N–H and O–H groups in total. The minimum Gasteiger partial charge on any atom is -0.466 e. The van der Waals surface area contributed by atoms with Crippen LogP contribution >= 0.6 is 0 Å². The van der Waals surface area contributed by atoms with Gasteiger partial charge < -0.3 is 9.47 Å². The number of methoxy groups -OCH3 is 1. The zero-order valence-electron chi connectivity index (χ0n) is 16.8. The molecule has 2 aromatic rings. The minimum absolute atomic E-state index is 0.0694. The van der Waals surface area contributed by atoms with E-state index >= 15 is 0 Å². The number of carbonyl (C=O) groups excluding carboxylic acids is 3. The van der Waals surface area contributed by atoms with Gasteiger partial charge in [0.05, 0.1) is 13.0 Å². The second-order valence-corrected chi connectivity index (χ2v) is 7.71. The summed E-state index contributed by atoms with van der Waals surface area (Å²) in [5.74, 6) is -1.21. The second kappa shape index (κ2) is 8.43. The Bertz CT molecular complexity index is 943. The smallest absolute Gasteiger partial charge is 0.330 e. The predicted octanol–water partition coefficient (Wildman–Crippen LogP) is 3.96. The van der Waals surface area contributed by atoms with Crippen LogP contribution < -0.4 is 0 Å². The van der Waals surface area contributed by atoms with E-state index in [1.54, 1.807) is 36.4 Å². The van der Waals surface area contributed by atoms with Crippen molar-refractivity contribution >= 4 is 17.7 Å². The third kappa shape index (κ3) is 4.62. The predicted molar refractivity (Wildman–Crippen MR) is 108 cm³/mol. The van der Waals surface area contributed by atoms with Gasteiger partial charge in [-0.05, 0) is 23.0 Å². The molecule has 0 bridgehead atoms. The zero-order valence-corrected chi connectivity index (χ0v) is 16.8. The lowest BCUT2D eigenvalue weighted by Gasteiger charge is -2.08. The van der Waals surface area contributed by atoms with Crippen LogP contribution in [0.3, 0.4) is 0 Å². The van der Waals surface area contributed by atoms with E-state index in [0.717, 1.165) is 5.56 Å². The normalized spacial score (nSPS) is 19.6. The highest BCUT2D eigenvalue weighted by atomic mass is 16.5. The van der Waals surface area contributed by atoms with Gasteiger partial charge in [0.1, 0.15) is 6.61 Å². The zero-order chi connectivity index (χ0) is 21.0. The molecule has 1 saturated carbocycles. The molecule has 5 heteroatoms. The largest absolute Gasteiger partial charge is 0.466 e. The molecule has 0 spiro atoms. The first-order chi connectivity index (χ1) is 13.8. The van der Waals surface area contributed by atoms with E-state index in [1.165, 1.54) is 13.2 Å². The van der Waals surface area contributed by atoms with Gasteiger partial charge in [-0.15, -0.1) is 0 Å². The molecule has 0 unspecified atom stereocenters. The molecule has 0 heterocycles. The Hall–Kier alpha value is -3.21. The van der Waals surface area contributed by atoms with E-state index < -0.39 is 5.97 Å². The van der Waals surface area contributed by atoms with Crippen molar-refractivity contribution in [3.63, 3.8) is 0 Å². The molecule has 0 aliphatic heterocycles. The second-order valence-electron chi connectivity index (χ2n) is 7.71. The summed E-state index contributed by atoms with van der Waals surface area (Å²) in [5.41, 5.74) is 1.64. The Labute approximate surface area is 170 Å². The third-order valence-corrected chi connectivity index (χ3v) is 5.41. The van der Waals surface area contributed by atoms with Crippen molar-refractivity contribution in [1.82, 2.24) is 0 Å². The summed E-state index contributed by atoms with van der Waals surface area (Å²) in [6.45, 7) is 4.02. The van der Waals surface area contributed by atoms with E-state index in [-0.39, 0.29) is 35.6 Å². The van der Waals surface area contributed by atoms with E-state index in [0.29, 0.717) is 11.1 Å². The fourth-order valence-electron chi connectivity index (χ4n) is 3.54. The van der Waals surface area contributed by atoms with Crippen molar-refractivity contribution in [1.29, 1.82) is 0 Å². The van der Waals surface area contributed by atoms with E-state index in [2.05, 4.69) is 4.74 Å². The maximum Gasteiger partial charge on any atom is 0.330 e. The topological polar surface area (TPSA) is 69.7 Å². The summed E-state index contributed by atoms with van der Waals surface area (Å²) < 4.78 is 10.1. The molecule has 3 rings (SSSR count). The van der Waals surface area contributed by atoms with Crippen molar-refractivity contribution < 1.29 is 23.9 Å². The van der Waals surface area contributed by atoms with Gasteiger partial charge in [0.15, 0.2) is 5.78 Å². The molecular formula is C24H24O5. The summed E-state index contributed by atoms with van der Waals surface area (Å²) in [6, 6.07) is 16.1. The average molecular weight is 392 g/mol. The Morgan fingerprint density at radius 2 is 1.69 bits per heavy atom. The minimum atomic E-state index is -0.445. The third-order valence-electron chi connectivity index (χ3n) is 5.41. The van der Waals surface area contributed by atoms with E-state index in [1.807, 2.05) is 38.1 Å². The fourth-order valence-corrected chi connectivity index (χ4v) is 3.54. The van der Waals surface area contributed by atoms with E-state index in [9.17, 15) is 14.4 Å². The van der Waals surface area contributed by atoms with Gasteiger partial charge in [-0.1, -0.05) is 68.5 Å². The van der Waals surface area contributed by atoms with Crippen LogP contribution in [-0.4, -0.2) is 24.8 Å². The number of ketones is 1. The number of rotatable bonds is 7. The Balaban J connectivity index is 1.62. The summed E-state index contributed by atoms with van der Waals surface area (Å²) in [7, 11) is 1.31. The fraction of sp³-hybridized carbons (Fsp3) is 0.292. The molecule has 5 nitrogen and oxygen atoms in total. The number of esters is 2. The molecular weight excluding hydrogens is 368 g/mol. The molecule has 29 heavy (non-hydrogen) atoms. The quantitative estimate of drug-likeness (QED) is 0.405. The van der Waals surface area contributed by atoms with Crippen LogP contribution in [0.1, 0.15) is 35.3 Å². The lowest BCUT2D eigenvalue weighted by atomic mass is 10.0. The maximum atomic E-state index is 12.6. The van der Waals surface area contributed by atoms with Crippen LogP contribution in [0.25, 0.3) is 0 Å². The van der Waals surface area contributed by atoms with Crippen molar-refractivity contribution in [3.8, 4) is 0 Å². The number of allylic oxidation sites excluding steroid dienone is 1. The Morgan fingerprint density at radius 3 is 2.38 bits per heavy atom. The first-order valence-electron chi connectivity index (χ1n) is 9.46. The van der Waals surface area contributed by atoms with Gasteiger partial charge in [0.25, 0.3) is 0 Å². The molecule has 1 fully saturated rings. The van der Waals surface area contributed by atoms with Gasteiger partial charge in [0.2, 0.25) is 0 Å². The first kappa shape index (κ1) is 20.5. The molecule has 2 atom stereocenters. The number of ether oxygens (including phenoxy) is 2. The summed E-state index contributed by atoms with van der Waals surface area (Å²) in [5, 5.41) is 0. The highest BCUT2D eigenvalue weighted by Gasteiger charge is 2.61. The average Bonchev–Trinajstić information content (AvgIpc) is 3.30. The molecule has 1 aliphatic rings. The maximum absolute atomic E-state index is 12.6. The van der Waals surface area contributed by atoms with Crippen LogP contribution in [0.2, 0.25) is 0 Å². The van der Waals surface area contributed by atoms with Gasteiger partial charge in [-0.3, -0.25) is 9.59 Å². The molecule has 0 amide bonds. The van der Waals surface area contributed by atoms with Crippen LogP contribution in [0, 0.1) is 17.3 Å². The van der Waals surface area contributed by atoms with Crippen LogP contribution in [0.5, 0.6) is 0 Å². The van der Waals surface area contributed by atoms with Crippen molar-refractivity contribution in [2.45, 2.75) is 20.5 Å². The molecule has 0 radical (unpaired) electrons. The Kier molecular flexibility index (Phi) is 5.97. The van der Waals surface area contributed by atoms with Crippen molar-refractivity contribution in [3.05, 3.63) is 83.4 Å². The lowest BCUT2D eigenvalue weighted by Crippen LogP contribution is -2.11. The standard InChI is InChI=1S/C24H24O5/c1-24(2)19(12-13-20(25)28-3)21(24)23(27)29-15-16-8-7-11-18(14-16)22(26)17-9-5-4-6-10-17/h4-14,19,21H,15H2,1-3H3/b13-12-/t19-,21-/m0/s1. The van der Waals surface area contributed by atoms with Gasteiger partial charge in [-0.2, -0.15) is 0 Å². The molecule has 0 saturated heterocycles. The number of carbonyl (C=O) groups is 3. The highest BCUT2D eigenvalue weighted by molar-refractivity contribution is 6.09. The number of hydrogen-bond donors (Lipinski definition) is 0. The SMILES string of the molecule is COC(=O)/C=C\[C@H]1[C@@H](C(=O)OCc2cccc(C(=O)c3ccccc3)c2)C1(C)C. The summed E-state index contributed by atoms with van der Waals surface area (Å²) in [6.07, 6.45) is 3.05. The van der Waals surface area contributed by atoms with E-state index in [4.69, 9.17) is 4.74 Å². The molecule has 2 aromatic carbocycles. The molecule has 0 aromatic heterocycles. The number of hydrogen-bond acceptors (Lipinski definition) is 5. The van der Waals surface area contributed by atoms with Gasteiger partial charge in [0, 0.05) is 17.2 Å². The molecule has 150 valence electrons. The molecule has 1 aliphatic carbocycles. The van der Waals surface area contributed by atoms with Crippen molar-refractivity contribution in [2.75, 3.05) is 7.11 Å².